The van der Waals surface area contributed by atoms with Gasteiger partial charge in [0.2, 0.25) is 0 Å². The zero-order valence-electron chi connectivity index (χ0n) is 12.0. The van der Waals surface area contributed by atoms with Crippen LogP contribution in [0.3, 0.4) is 0 Å². The monoisotopic (exact) mass is 342 g/mol. The smallest absolute Gasteiger partial charge is 0.381 e. The van der Waals surface area contributed by atoms with Gasteiger partial charge < -0.3 is 10.3 Å². The Balaban J connectivity index is 2.00. The molecule has 3 rings (SSSR count). The van der Waals surface area contributed by atoms with Crippen molar-refractivity contribution in [3.63, 3.8) is 0 Å². The largest absolute Gasteiger partial charge is 0.390 e. The molecular weight excluding hydrogens is 332 g/mol. The van der Waals surface area contributed by atoms with Crippen molar-refractivity contribution in [2.24, 2.45) is 0 Å². The molecule has 0 unspecified atom stereocenters. The molecule has 0 atom stereocenters. The van der Waals surface area contributed by atoms with Crippen molar-refractivity contribution in [2.75, 3.05) is 5.73 Å². The molecule has 0 radical (unpaired) electrons. The Bertz CT molecular complexity index is 843. The number of nitrogens with zero attached hydrogens (tertiary/aromatic N) is 5. The van der Waals surface area contributed by atoms with Crippen molar-refractivity contribution >= 4 is 5.82 Å². The van der Waals surface area contributed by atoms with E-state index in [-0.39, 0.29) is 23.0 Å². The SMILES string of the molecule is Nc1nc(-c2cc(-c3ccon3)n(CCC(F)(F)F)n2)ncc1F. The molecule has 11 heteroatoms. The van der Waals surface area contributed by atoms with E-state index < -0.39 is 25.0 Å². The highest BCUT2D eigenvalue weighted by atomic mass is 19.4. The van der Waals surface area contributed by atoms with Crippen LogP contribution in [0.2, 0.25) is 0 Å². The molecule has 2 N–H and O–H groups in total. The van der Waals surface area contributed by atoms with Crippen molar-refractivity contribution in [3.8, 4) is 22.9 Å². The van der Waals surface area contributed by atoms with E-state index in [1.165, 1.54) is 18.4 Å². The van der Waals surface area contributed by atoms with E-state index in [0.29, 0.717) is 5.69 Å². The van der Waals surface area contributed by atoms with Gasteiger partial charge in [-0.05, 0) is 6.07 Å². The Morgan fingerprint density at radius 1 is 1.25 bits per heavy atom. The van der Waals surface area contributed by atoms with Gasteiger partial charge in [-0.2, -0.15) is 18.3 Å². The summed E-state index contributed by atoms with van der Waals surface area (Å²) in [5, 5.41) is 7.73. The third-order valence-electron chi connectivity index (χ3n) is 3.09. The second-order valence-electron chi connectivity index (χ2n) is 4.81. The van der Waals surface area contributed by atoms with Gasteiger partial charge in [0.1, 0.15) is 17.7 Å². The minimum absolute atomic E-state index is 0.00981. The van der Waals surface area contributed by atoms with Crippen LogP contribution in [0.5, 0.6) is 0 Å². The molecule has 0 aromatic carbocycles. The number of nitrogens with two attached hydrogens (primary N) is 1. The molecule has 0 aliphatic heterocycles. The molecule has 0 aliphatic carbocycles. The number of rotatable bonds is 4. The van der Waals surface area contributed by atoms with Gasteiger partial charge in [-0.1, -0.05) is 5.16 Å². The Kier molecular flexibility index (Phi) is 3.91. The van der Waals surface area contributed by atoms with Crippen LogP contribution in [0.15, 0.2) is 29.1 Å². The molecule has 126 valence electrons. The van der Waals surface area contributed by atoms with Crippen LogP contribution in [0.1, 0.15) is 6.42 Å². The van der Waals surface area contributed by atoms with Crippen LogP contribution in [0, 0.1) is 5.82 Å². The van der Waals surface area contributed by atoms with Crippen molar-refractivity contribution in [3.05, 3.63) is 30.4 Å². The maximum absolute atomic E-state index is 13.2. The number of hydrogen-bond acceptors (Lipinski definition) is 6. The third-order valence-corrected chi connectivity index (χ3v) is 3.09. The summed E-state index contributed by atoms with van der Waals surface area (Å²) in [5.74, 6) is -1.19. The molecule has 3 aromatic heterocycles. The molecule has 0 spiro atoms. The maximum atomic E-state index is 13.2. The number of alkyl halides is 3. The number of nitrogen functional groups attached to an aromatic ring is 1. The molecular formula is C13H10F4N6O. The summed E-state index contributed by atoms with van der Waals surface area (Å²) in [6.45, 7) is -0.428. The quantitative estimate of drug-likeness (QED) is 0.733. The molecule has 0 aliphatic rings. The number of aryl methyl sites for hydroxylation is 1. The zero-order valence-corrected chi connectivity index (χ0v) is 12.0. The van der Waals surface area contributed by atoms with E-state index in [2.05, 4.69) is 20.2 Å². The number of aromatic nitrogens is 5. The number of hydrogen-bond donors (Lipinski definition) is 1. The number of anilines is 1. The fourth-order valence-corrected chi connectivity index (χ4v) is 1.98. The molecule has 3 aromatic rings. The maximum Gasteiger partial charge on any atom is 0.390 e. The molecule has 0 saturated carbocycles. The summed E-state index contributed by atoms with van der Waals surface area (Å²) in [4.78, 5) is 7.48. The first-order valence-corrected chi connectivity index (χ1v) is 6.67. The average Bonchev–Trinajstić information content (AvgIpc) is 3.15. The summed E-state index contributed by atoms with van der Waals surface area (Å²) in [7, 11) is 0. The molecule has 0 bridgehead atoms. The zero-order chi connectivity index (χ0) is 17.3. The highest BCUT2D eigenvalue weighted by Gasteiger charge is 2.28. The van der Waals surface area contributed by atoms with Gasteiger partial charge in [0.25, 0.3) is 0 Å². The molecule has 0 amide bonds. The summed E-state index contributed by atoms with van der Waals surface area (Å²) >= 11 is 0. The predicted molar refractivity (Wildman–Crippen MR) is 73.8 cm³/mol. The first kappa shape index (κ1) is 15.9. The van der Waals surface area contributed by atoms with Gasteiger partial charge in [-0.3, -0.25) is 4.68 Å². The van der Waals surface area contributed by atoms with Crippen LogP contribution in [-0.4, -0.2) is 31.1 Å². The second-order valence-corrected chi connectivity index (χ2v) is 4.81. The van der Waals surface area contributed by atoms with E-state index in [9.17, 15) is 17.6 Å². The van der Waals surface area contributed by atoms with Crippen LogP contribution in [0.25, 0.3) is 22.9 Å². The van der Waals surface area contributed by atoms with Gasteiger partial charge >= 0.3 is 6.18 Å². The lowest BCUT2D eigenvalue weighted by molar-refractivity contribution is -0.137. The van der Waals surface area contributed by atoms with Gasteiger partial charge in [0.15, 0.2) is 17.5 Å². The Hall–Kier alpha value is -2.98. The summed E-state index contributed by atoms with van der Waals surface area (Å²) < 4.78 is 56.4. The first-order chi connectivity index (χ1) is 11.3. The van der Waals surface area contributed by atoms with Gasteiger partial charge in [0.05, 0.1) is 24.9 Å². The highest BCUT2D eigenvalue weighted by molar-refractivity contribution is 5.62. The lowest BCUT2D eigenvalue weighted by atomic mass is 10.2. The van der Waals surface area contributed by atoms with Crippen molar-refractivity contribution < 1.29 is 22.1 Å². The second kappa shape index (κ2) is 5.91. The lowest BCUT2D eigenvalue weighted by Gasteiger charge is -2.08. The van der Waals surface area contributed by atoms with Gasteiger partial charge in [0, 0.05) is 6.07 Å². The van der Waals surface area contributed by atoms with Crippen molar-refractivity contribution in [1.29, 1.82) is 0 Å². The first-order valence-electron chi connectivity index (χ1n) is 6.67. The molecule has 3 heterocycles. The molecule has 24 heavy (non-hydrogen) atoms. The molecule has 7 nitrogen and oxygen atoms in total. The minimum atomic E-state index is -4.34. The fraction of sp³-hybridized carbons (Fsp3) is 0.231. The highest BCUT2D eigenvalue weighted by Crippen LogP contribution is 2.26. The van der Waals surface area contributed by atoms with E-state index in [0.717, 1.165) is 10.9 Å². The van der Waals surface area contributed by atoms with Crippen LogP contribution < -0.4 is 5.73 Å². The topological polar surface area (TPSA) is 95.7 Å². The van der Waals surface area contributed by atoms with Crippen LogP contribution >= 0.6 is 0 Å². The standard InChI is InChI=1S/C13H10F4N6O/c14-7-6-19-12(20-11(7)18)9-5-10(8-1-4-24-22-8)23(21-9)3-2-13(15,16)17/h1,4-6H,2-3H2,(H2,18,19,20). The van der Waals surface area contributed by atoms with Crippen LogP contribution in [0.4, 0.5) is 23.4 Å². The molecule has 0 fully saturated rings. The van der Waals surface area contributed by atoms with E-state index in [1.54, 1.807) is 0 Å². The lowest BCUT2D eigenvalue weighted by Crippen LogP contribution is -2.14. The van der Waals surface area contributed by atoms with E-state index >= 15 is 0 Å². The minimum Gasteiger partial charge on any atom is -0.381 e. The third kappa shape index (κ3) is 3.34. The summed E-state index contributed by atoms with van der Waals surface area (Å²) in [6.07, 6.45) is -3.28. The summed E-state index contributed by atoms with van der Waals surface area (Å²) in [5.41, 5.74) is 6.10. The van der Waals surface area contributed by atoms with Crippen molar-refractivity contribution in [1.82, 2.24) is 24.9 Å². The Labute approximate surface area is 132 Å². The fourth-order valence-electron chi connectivity index (χ4n) is 1.98. The van der Waals surface area contributed by atoms with Gasteiger partial charge in [-0.25, -0.2) is 14.4 Å². The normalized spacial score (nSPS) is 11.8. The van der Waals surface area contributed by atoms with Crippen LogP contribution in [-0.2, 0) is 6.54 Å². The molecule has 0 saturated heterocycles. The van der Waals surface area contributed by atoms with E-state index in [1.807, 2.05) is 0 Å². The predicted octanol–water partition coefficient (Wildman–Crippen LogP) is 2.67. The number of halogens is 4. The summed E-state index contributed by atoms with van der Waals surface area (Å²) in [6, 6.07) is 2.91. The Morgan fingerprint density at radius 3 is 2.67 bits per heavy atom. The van der Waals surface area contributed by atoms with Crippen molar-refractivity contribution in [2.45, 2.75) is 19.1 Å². The Morgan fingerprint density at radius 2 is 2.04 bits per heavy atom. The van der Waals surface area contributed by atoms with Gasteiger partial charge in [-0.15, -0.1) is 0 Å². The van der Waals surface area contributed by atoms with E-state index in [4.69, 9.17) is 10.3 Å². The average molecular weight is 342 g/mol.